The van der Waals surface area contributed by atoms with Crippen molar-refractivity contribution in [2.75, 3.05) is 0 Å². The van der Waals surface area contributed by atoms with Crippen LogP contribution in [0.2, 0.25) is 5.02 Å². The van der Waals surface area contributed by atoms with Gasteiger partial charge in [0.1, 0.15) is 0 Å². The maximum Gasteiger partial charge on any atom is 0.290 e. The van der Waals surface area contributed by atoms with E-state index >= 15 is 0 Å². The molecular formula is C25H19ClN2O3. The SMILES string of the molecule is O=C(/C=C/c1ccccc1)C1=C(O)C(=O)N(Cc2cccnc2)C1c1ccc(Cl)cc1. The number of aromatic nitrogens is 1. The second kappa shape index (κ2) is 8.98. The fourth-order valence-electron chi connectivity index (χ4n) is 3.57. The molecule has 0 radical (unpaired) electrons. The van der Waals surface area contributed by atoms with Crippen LogP contribution < -0.4 is 0 Å². The minimum atomic E-state index is -0.738. The first kappa shape index (κ1) is 20.6. The summed E-state index contributed by atoms with van der Waals surface area (Å²) in [6.45, 7) is 0.198. The number of amides is 1. The number of nitrogens with zero attached hydrogens (tertiary/aromatic N) is 2. The molecule has 2 heterocycles. The van der Waals surface area contributed by atoms with Crippen LogP contribution in [0.15, 0.2) is 96.5 Å². The summed E-state index contributed by atoms with van der Waals surface area (Å²) in [7, 11) is 0. The number of aliphatic hydroxyl groups is 1. The smallest absolute Gasteiger partial charge is 0.290 e. The van der Waals surface area contributed by atoms with Crippen molar-refractivity contribution in [3.8, 4) is 0 Å². The van der Waals surface area contributed by atoms with Crippen molar-refractivity contribution in [1.82, 2.24) is 9.88 Å². The highest BCUT2D eigenvalue weighted by atomic mass is 35.5. The van der Waals surface area contributed by atoms with Gasteiger partial charge < -0.3 is 10.0 Å². The van der Waals surface area contributed by atoms with E-state index in [0.717, 1.165) is 11.1 Å². The molecular weight excluding hydrogens is 412 g/mol. The summed E-state index contributed by atoms with van der Waals surface area (Å²) in [4.78, 5) is 31.6. The molecule has 0 aliphatic carbocycles. The third-order valence-corrected chi connectivity index (χ3v) is 5.31. The van der Waals surface area contributed by atoms with E-state index < -0.39 is 23.5 Å². The fraction of sp³-hybridized carbons (Fsp3) is 0.0800. The number of hydrogen-bond acceptors (Lipinski definition) is 4. The average Bonchev–Trinajstić information content (AvgIpc) is 3.04. The van der Waals surface area contributed by atoms with Gasteiger partial charge in [-0.05, 0) is 41.0 Å². The van der Waals surface area contributed by atoms with Crippen LogP contribution in [0, 0.1) is 0 Å². The molecule has 1 atom stereocenters. The molecule has 0 fully saturated rings. The van der Waals surface area contributed by atoms with Crippen molar-refractivity contribution < 1.29 is 14.7 Å². The lowest BCUT2D eigenvalue weighted by molar-refractivity contribution is -0.130. The standard InChI is InChI=1S/C25H19ClN2O3/c26-20-11-9-19(10-12-20)23-22(21(29)13-8-17-5-2-1-3-6-17)24(30)25(31)28(23)16-18-7-4-14-27-15-18/h1-15,23,30H,16H2/b13-8+. The van der Waals surface area contributed by atoms with Gasteiger partial charge in [-0.15, -0.1) is 0 Å². The number of rotatable bonds is 6. The molecule has 5 nitrogen and oxygen atoms in total. The lowest BCUT2D eigenvalue weighted by atomic mass is 9.95. The molecule has 1 amide bonds. The molecule has 0 saturated carbocycles. The van der Waals surface area contributed by atoms with Gasteiger partial charge in [0.2, 0.25) is 0 Å². The summed E-state index contributed by atoms with van der Waals surface area (Å²) in [5.74, 6) is -1.56. The highest BCUT2D eigenvalue weighted by Crippen LogP contribution is 2.39. The van der Waals surface area contributed by atoms with E-state index in [0.29, 0.717) is 10.6 Å². The lowest BCUT2D eigenvalue weighted by Crippen LogP contribution is -2.30. The monoisotopic (exact) mass is 430 g/mol. The Morgan fingerprint density at radius 3 is 2.48 bits per heavy atom. The van der Waals surface area contributed by atoms with Crippen LogP contribution in [0.3, 0.4) is 0 Å². The lowest BCUT2D eigenvalue weighted by Gasteiger charge is -2.26. The van der Waals surface area contributed by atoms with Gasteiger partial charge in [-0.3, -0.25) is 14.6 Å². The summed E-state index contributed by atoms with van der Waals surface area (Å²) in [6, 6.07) is 19.1. The van der Waals surface area contributed by atoms with Crippen molar-refractivity contribution in [3.05, 3.63) is 118 Å². The van der Waals surface area contributed by atoms with E-state index in [1.807, 2.05) is 36.4 Å². The summed E-state index contributed by atoms with van der Waals surface area (Å²) < 4.78 is 0. The van der Waals surface area contributed by atoms with Crippen molar-refractivity contribution in [3.63, 3.8) is 0 Å². The molecule has 1 aliphatic heterocycles. The minimum Gasteiger partial charge on any atom is -0.503 e. The summed E-state index contributed by atoms with van der Waals surface area (Å²) in [5.41, 5.74) is 2.36. The molecule has 3 aromatic rings. The Morgan fingerprint density at radius 2 is 1.81 bits per heavy atom. The number of ketones is 1. The molecule has 6 heteroatoms. The molecule has 31 heavy (non-hydrogen) atoms. The Bertz CT molecular complexity index is 1160. The van der Waals surface area contributed by atoms with Crippen LogP contribution in [0.25, 0.3) is 6.08 Å². The Morgan fingerprint density at radius 1 is 1.06 bits per heavy atom. The van der Waals surface area contributed by atoms with Crippen LogP contribution in [0.4, 0.5) is 0 Å². The van der Waals surface area contributed by atoms with Crippen LogP contribution >= 0.6 is 11.6 Å². The molecule has 2 aromatic carbocycles. The summed E-state index contributed by atoms with van der Waals surface area (Å²) in [5, 5.41) is 11.2. The molecule has 0 spiro atoms. The second-order valence-corrected chi connectivity index (χ2v) is 7.56. The van der Waals surface area contributed by atoms with E-state index in [9.17, 15) is 14.7 Å². The van der Waals surface area contributed by atoms with Crippen molar-refractivity contribution in [2.24, 2.45) is 0 Å². The number of halogens is 1. The topological polar surface area (TPSA) is 70.5 Å². The zero-order valence-corrected chi connectivity index (χ0v) is 17.2. The maximum atomic E-state index is 13.1. The number of benzene rings is 2. The largest absolute Gasteiger partial charge is 0.503 e. The molecule has 1 unspecified atom stereocenters. The van der Waals surface area contributed by atoms with Crippen molar-refractivity contribution in [2.45, 2.75) is 12.6 Å². The van der Waals surface area contributed by atoms with Gasteiger partial charge >= 0.3 is 0 Å². The van der Waals surface area contributed by atoms with Crippen LogP contribution in [0.5, 0.6) is 0 Å². The zero-order valence-electron chi connectivity index (χ0n) is 16.5. The highest BCUT2D eigenvalue weighted by Gasteiger charge is 2.42. The summed E-state index contributed by atoms with van der Waals surface area (Å²) in [6.07, 6.45) is 6.34. The number of carbonyl (C=O) groups excluding carboxylic acids is 2. The fourth-order valence-corrected chi connectivity index (χ4v) is 3.70. The normalized spacial score (nSPS) is 16.4. The minimum absolute atomic E-state index is 0.0448. The van der Waals surface area contributed by atoms with Gasteiger partial charge in [0.15, 0.2) is 11.5 Å². The van der Waals surface area contributed by atoms with E-state index in [-0.39, 0.29) is 12.1 Å². The van der Waals surface area contributed by atoms with E-state index in [1.165, 1.54) is 11.0 Å². The highest BCUT2D eigenvalue weighted by molar-refractivity contribution is 6.30. The molecule has 1 aromatic heterocycles. The first-order valence-electron chi connectivity index (χ1n) is 9.70. The number of carbonyl (C=O) groups is 2. The van der Waals surface area contributed by atoms with Crippen molar-refractivity contribution in [1.29, 1.82) is 0 Å². The Kier molecular flexibility index (Phi) is 5.96. The first-order chi connectivity index (χ1) is 15.0. The number of aliphatic hydroxyl groups excluding tert-OH is 1. The van der Waals surface area contributed by atoms with E-state index in [1.54, 1.807) is 48.8 Å². The van der Waals surface area contributed by atoms with Gasteiger partial charge in [-0.1, -0.05) is 66.2 Å². The van der Waals surface area contributed by atoms with Crippen LogP contribution in [0.1, 0.15) is 22.7 Å². The maximum absolute atomic E-state index is 13.1. The first-order valence-corrected chi connectivity index (χ1v) is 10.1. The molecule has 154 valence electrons. The van der Waals surface area contributed by atoms with E-state index in [2.05, 4.69) is 4.98 Å². The third-order valence-electron chi connectivity index (χ3n) is 5.06. The van der Waals surface area contributed by atoms with Gasteiger partial charge in [0.05, 0.1) is 11.6 Å². The molecule has 4 rings (SSSR count). The quantitative estimate of drug-likeness (QED) is 0.564. The van der Waals surface area contributed by atoms with Crippen LogP contribution in [-0.4, -0.2) is 26.7 Å². The van der Waals surface area contributed by atoms with Crippen LogP contribution in [-0.2, 0) is 16.1 Å². The number of hydrogen-bond donors (Lipinski definition) is 1. The third kappa shape index (κ3) is 4.42. The average molecular weight is 431 g/mol. The molecule has 0 saturated heterocycles. The predicted octanol–water partition coefficient (Wildman–Crippen LogP) is 4.91. The number of allylic oxidation sites excluding steroid dienone is 1. The Balaban J connectivity index is 1.72. The van der Waals surface area contributed by atoms with E-state index in [4.69, 9.17) is 11.6 Å². The van der Waals surface area contributed by atoms with Gasteiger partial charge in [0, 0.05) is 24.0 Å². The van der Waals surface area contributed by atoms with Gasteiger partial charge in [-0.25, -0.2) is 0 Å². The van der Waals surface area contributed by atoms with Gasteiger partial charge in [0.25, 0.3) is 5.91 Å². The van der Waals surface area contributed by atoms with Crippen molar-refractivity contribution >= 4 is 29.4 Å². The summed E-state index contributed by atoms with van der Waals surface area (Å²) >= 11 is 6.03. The zero-order chi connectivity index (χ0) is 21.8. The molecule has 1 N–H and O–H groups in total. The Hall–Kier alpha value is -3.70. The molecule has 1 aliphatic rings. The number of pyridine rings is 1. The predicted molar refractivity (Wildman–Crippen MR) is 119 cm³/mol. The molecule has 0 bridgehead atoms. The second-order valence-electron chi connectivity index (χ2n) is 7.12. The Labute approximate surface area is 184 Å². The van der Waals surface area contributed by atoms with Gasteiger partial charge in [-0.2, -0.15) is 0 Å².